The van der Waals surface area contributed by atoms with Crippen molar-refractivity contribution < 1.29 is 9.53 Å². The van der Waals surface area contributed by atoms with E-state index in [4.69, 9.17) is 9.73 Å². The first-order valence-corrected chi connectivity index (χ1v) is 11.9. The van der Waals surface area contributed by atoms with E-state index in [1.807, 2.05) is 18.2 Å². The number of guanidine groups is 1. The van der Waals surface area contributed by atoms with E-state index in [2.05, 4.69) is 49.7 Å². The molecule has 0 bridgehead atoms. The lowest BCUT2D eigenvalue weighted by molar-refractivity contribution is -0.122. The minimum absolute atomic E-state index is 0.132. The van der Waals surface area contributed by atoms with Gasteiger partial charge in [-0.3, -0.25) is 4.79 Å². The fourth-order valence-electron chi connectivity index (χ4n) is 4.41. The van der Waals surface area contributed by atoms with E-state index in [0.717, 1.165) is 62.6 Å². The zero-order valence-corrected chi connectivity index (χ0v) is 19.7. The standard InChI is InChI=1S/C25H40N4O2/c1-5-26-24(28-17-20-12-8-14-31-22(20)25(2,3)4)27-16-18-9-6-13-21(15-18)29-23(30)19-10-7-11-19/h6,9,13,15,19-20,22H,5,7-8,10-12,14,16-17H2,1-4H3,(H,29,30)(H2,26,27,28). The van der Waals surface area contributed by atoms with Crippen LogP contribution >= 0.6 is 0 Å². The summed E-state index contributed by atoms with van der Waals surface area (Å²) in [6, 6.07) is 8.00. The zero-order valence-electron chi connectivity index (χ0n) is 19.7. The number of anilines is 1. The second kappa shape index (κ2) is 11.0. The molecule has 31 heavy (non-hydrogen) atoms. The van der Waals surface area contributed by atoms with Crippen LogP contribution in [0.2, 0.25) is 0 Å². The molecular weight excluding hydrogens is 388 g/mol. The summed E-state index contributed by atoms with van der Waals surface area (Å²) in [7, 11) is 0. The van der Waals surface area contributed by atoms with Gasteiger partial charge >= 0.3 is 0 Å². The quantitative estimate of drug-likeness (QED) is 0.447. The van der Waals surface area contributed by atoms with Crippen LogP contribution in [0.25, 0.3) is 0 Å². The Labute approximate surface area is 187 Å². The lowest BCUT2D eigenvalue weighted by atomic mass is 9.78. The van der Waals surface area contributed by atoms with Crippen LogP contribution in [0.15, 0.2) is 29.3 Å². The maximum absolute atomic E-state index is 12.2. The molecule has 172 valence electrons. The molecule has 0 spiro atoms. The van der Waals surface area contributed by atoms with Gasteiger partial charge in [0, 0.05) is 37.2 Å². The molecule has 2 unspecified atom stereocenters. The van der Waals surface area contributed by atoms with E-state index in [1.165, 1.54) is 6.42 Å². The van der Waals surface area contributed by atoms with Crippen molar-refractivity contribution in [2.24, 2.45) is 22.2 Å². The lowest BCUT2D eigenvalue weighted by Gasteiger charge is -2.40. The molecule has 6 heteroatoms. The number of nitrogens with zero attached hydrogens (tertiary/aromatic N) is 1. The third-order valence-electron chi connectivity index (χ3n) is 6.26. The molecule has 3 N–H and O–H groups in total. The van der Waals surface area contributed by atoms with Crippen molar-refractivity contribution in [2.45, 2.75) is 72.4 Å². The molecule has 1 saturated heterocycles. The first-order valence-electron chi connectivity index (χ1n) is 11.9. The fourth-order valence-corrected chi connectivity index (χ4v) is 4.41. The lowest BCUT2D eigenvalue weighted by Crippen LogP contribution is -2.47. The largest absolute Gasteiger partial charge is 0.377 e. The van der Waals surface area contributed by atoms with Crippen LogP contribution in [0.4, 0.5) is 5.69 Å². The number of amides is 1. The highest BCUT2D eigenvalue weighted by Crippen LogP contribution is 2.33. The van der Waals surface area contributed by atoms with Crippen molar-refractivity contribution >= 4 is 17.6 Å². The van der Waals surface area contributed by atoms with Gasteiger partial charge in [0.2, 0.25) is 5.91 Å². The Morgan fingerprint density at radius 2 is 1.97 bits per heavy atom. The monoisotopic (exact) mass is 428 g/mol. The van der Waals surface area contributed by atoms with Crippen molar-refractivity contribution in [3.05, 3.63) is 29.8 Å². The zero-order chi connectivity index (χ0) is 22.3. The molecule has 3 rings (SSSR count). The topological polar surface area (TPSA) is 74.8 Å². The second-order valence-electron chi connectivity index (χ2n) is 9.95. The van der Waals surface area contributed by atoms with Crippen LogP contribution < -0.4 is 16.0 Å². The van der Waals surface area contributed by atoms with E-state index >= 15 is 0 Å². The Morgan fingerprint density at radius 1 is 1.16 bits per heavy atom. The summed E-state index contributed by atoms with van der Waals surface area (Å²) in [4.78, 5) is 17.0. The number of hydrogen-bond acceptors (Lipinski definition) is 3. The number of nitrogens with one attached hydrogen (secondary N) is 3. The van der Waals surface area contributed by atoms with Gasteiger partial charge in [0.1, 0.15) is 0 Å². The number of benzene rings is 1. The van der Waals surface area contributed by atoms with Gasteiger partial charge in [-0.15, -0.1) is 0 Å². The van der Waals surface area contributed by atoms with Crippen LogP contribution in [-0.4, -0.2) is 37.7 Å². The Kier molecular flexibility index (Phi) is 8.35. The van der Waals surface area contributed by atoms with Gasteiger partial charge in [0.15, 0.2) is 5.96 Å². The molecule has 0 radical (unpaired) electrons. The molecule has 1 aliphatic heterocycles. The Bertz CT molecular complexity index is 752. The normalized spacial score (nSPS) is 22.5. The first-order chi connectivity index (χ1) is 14.9. The summed E-state index contributed by atoms with van der Waals surface area (Å²) in [6.45, 7) is 11.9. The molecule has 6 nitrogen and oxygen atoms in total. The fraction of sp³-hybridized carbons (Fsp3) is 0.680. The van der Waals surface area contributed by atoms with Gasteiger partial charge in [0.05, 0.1) is 12.6 Å². The molecule has 1 amide bonds. The van der Waals surface area contributed by atoms with Gasteiger partial charge in [-0.05, 0) is 55.7 Å². The summed E-state index contributed by atoms with van der Waals surface area (Å²) < 4.78 is 6.12. The summed E-state index contributed by atoms with van der Waals surface area (Å²) >= 11 is 0. The third kappa shape index (κ3) is 6.96. The van der Waals surface area contributed by atoms with Gasteiger partial charge < -0.3 is 20.7 Å². The molecule has 1 aromatic carbocycles. The third-order valence-corrected chi connectivity index (χ3v) is 6.26. The number of aliphatic imine (C=N–C) groups is 1. The van der Waals surface area contributed by atoms with Gasteiger partial charge in [-0.1, -0.05) is 39.3 Å². The molecule has 1 heterocycles. The summed E-state index contributed by atoms with van der Waals surface area (Å²) in [5, 5.41) is 9.93. The number of carbonyl (C=O) groups is 1. The first kappa shape index (κ1) is 23.6. The van der Waals surface area contributed by atoms with E-state index in [1.54, 1.807) is 0 Å². The van der Waals surface area contributed by atoms with Gasteiger partial charge in [-0.2, -0.15) is 0 Å². The molecule has 1 saturated carbocycles. The average Bonchev–Trinajstić information content (AvgIpc) is 2.68. The summed E-state index contributed by atoms with van der Waals surface area (Å²) in [6.07, 6.45) is 5.73. The second-order valence-corrected chi connectivity index (χ2v) is 9.95. The number of carbonyl (C=O) groups excluding carboxylic acids is 1. The summed E-state index contributed by atoms with van der Waals surface area (Å²) in [5.41, 5.74) is 2.07. The van der Waals surface area contributed by atoms with Crippen LogP contribution in [0, 0.1) is 17.3 Å². The molecule has 2 fully saturated rings. The Morgan fingerprint density at radius 3 is 2.65 bits per heavy atom. The molecule has 2 aliphatic rings. The Balaban J connectivity index is 1.57. The van der Waals surface area contributed by atoms with Crippen LogP contribution in [0.3, 0.4) is 0 Å². The van der Waals surface area contributed by atoms with Crippen LogP contribution in [-0.2, 0) is 16.1 Å². The molecule has 1 aliphatic carbocycles. The maximum Gasteiger partial charge on any atom is 0.227 e. The minimum atomic E-state index is 0.132. The Hall–Kier alpha value is -2.08. The predicted molar refractivity (Wildman–Crippen MR) is 127 cm³/mol. The van der Waals surface area contributed by atoms with Gasteiger partial charge in [-0.25, -0.2) is 4.99 Å². The van der Waals surface area contributed by atoms with Gasteiger partial charge in [0.25, 0.3) is 0 Å². The predicted octanol–water partition coefficient (Wildman–Crippen LogP) is 4.32. The number of rotatable bonds is 7. The van der Waals surface area contributed by atoms with E-state index < -0.39 is 0 Å². The van der Waals surface area contributed by atoms with E-state index in [9.17, 15) is 4.79 Å². The van der Waals surface area contributed by atoms with Crippen LogP contribution in [0.5, 0.6) is 0 Å². The minimum Gasteiger partial charge on any atom is -0.377 e. The highest BCUT2D eigenvalue weighted by molar-refractivity contribution is 5.93. The van der Waals surface area contributed by atoms with Crippen LogP contribution in [0.1, 0.15) is 65.4 Å². The SMILES string of the molecule is CCNC(=NCc1cccc(NC(=O)C2CCC2)c1)NCC1CCCOC1C(C)(C)C. The molecule has 0 aromatic heterocycles. The number of ether oxygens (including phenoxy) is 1. The van der Waals surface area contributed by atoms with Crippen molar-refractivity contribution in [2.75, 3.05) is 25.0 Å². The molecule has 2 atom stereocenters. The maximum atomic E-state index is 12.2. The van der Waals surface area contributed by atoms with Crippen molar-refractivity contribution in [3.63, 3.8) is 0 Å². The van der Waals surface area contributed by atoms with E-state index in [0.29, 0.717) is 12.5 Å². The van der Waals surface area contributed by atoms with Crippen molar-refractivity contribution in [1.29, 1.82) is 0 Å². The highest BCUT2D eigenvalue weighted by Gasteiger charge is 2.35. The van der Waals surface area contributed by atoms with Crippen molar-refractivity contribution in [1.82, 2.24) is 10.6 Å². The number of hydrogen-bond donors (Lipinski definition) is 3. The highest BCUT2D eigenvalue weighted by atomic mass is 16.5. The molecular formula is C25H40N4O2. The van der Waals surface area contributed by atoms with Crippen molar-refractivity contribution in [3.8, 4) is 0 Å². The smallest absolute Gasteiger partial charge is 0.227 e. The summed E-state index contributed by atoms with van der Waals surface area (Å²) in [5.74, 6) is 1.63. The van der Waals surface area contributed by atoms with E-state index in [-0.39, 0.29) is 23.3 Å². The molecule has 1 aromatic rings. The average molecular weight is 429 g/mol.